The van der Waals surface area contributed by atoms with E-state index < -0.39 is 0 Å². The van der Waals surface area contributed by atoms with Gasteiger partial charge in [0.15, 0.2) is 0 Å². The summed E-state index contributed by atoms with van der Waals surface area (Å²) < 4.78 is 5.06. The standard InChI is InChI=1S/C7H13NO2/c1-7(2,3)4-6-8-10-5-9-6/h4-5H2,1-3H3. The van der Waals surface area contributed by atoms with Gasteiger partial charge in [0.1, 0.15) is 0 Å². The van der Waals surface area contributed by atoms with Crippen molar-refractivity contribution >= 4 is 5.90 Å². The number of ether oxygens (including phenoxy) is 1. The van der Waals surface area contributed by atoms with Gasteiger partial charge < -0.3 is 9.57 Å². The Morgan fingerprint density at radius 1 is 1.50 bits per heavy atom. The van der Waals surface area contributed by atoms with Gasteiger partial charge >= 0.3 is 0 Å². The molecule has 0 saturated carbocycles. The normalized spacial score (nSPS) is 17.7. The van der Waals surface area contributed by atoms with E-state index in [1.807, 2.05) is 0 Å². The summed E-state index contributed by atoms with van der Waals surface area (Å²) in [4.78, 5) is 4.67. The van der Waals surface area contributed by atoms with E-state index in [1.165, 1.54) is 0 Å². The minimum atomic E-state index is 0.229. The van der Waals surface area contributed by atoms with Crippen molar-refractivity contribution in [3.8, 4) is 0 Å². The van der Waals surface area contributed by atoms with Crippen molar-refractivity contribution in [3.05, 3.63) is 0 Å². The van der Waals surface area contributed by atoms with Gasteiger partial charge in [0, 0.05) is 6.42 Å². The summed E-state index contributed by atoms with van der Waals surface area (Å²) in [6.45, 7) is 6.69. The highest BCUT2D eigenvalue weighted by molar-refractivity contribution is 5.76. The highest BCUT2D eigenvalue weighted by Crippen LogP contribution is 2.20. The maximum absolute atomic E-state index is 5.06. The molecule has 3 nitrogen and oxygen atoms in total. The predicted molar refractivity (Wildman–Crippen MR) is 38.5 cm³/mol. The van der Waals surface area contributed by atoms with E-state index in [2.05, 4.69) is 30.8 Å². The lowest BCUT2D eigenvalue weighted by Crippen LogP contribution is -2.12. The Kier molecular flexibility index (Phi) is 1.83. The number of nitrogens with zero attached hydrogens (tertiary/aromatic N) is 1. The van der Waals surface area contributed by atoms with Crippen LogP contribution >= 0.6 is 0 Å². The van der Waals surface area contributed by atoms with Crippen LogP contribution in [0.1, 0.15) is 27.2 Å². The van der Waals surface area contributed by atoms with Crippen molar-refractivity contribution < 1.29 is 9.57 Å². The highest BCUT2D eigenvalue weighted by Gasteiger charge is 2.18. The summed E-state index contributed by atoms with van der Waals surface area (Å²) in [5.41, 5.74) is 0.229. The van der Waals surface area contributed by atoms with Crippen LogP contribution in [0.15, 0.2) is 5.16 Å². The molecule has 0 aromatic rings. The van der Waals surface area contributed by atoms with Crippen LogP contribution in [0.4, 0.5) is 0 Å². The first-order valence-electron chi connectivity index (χ1n) is 3.39. The maximum atomic E-state index is 5.06. The highest BCUT2D eigenvalue weighted by atomic mass is 16.8. The largest absolute Gasteiger partial charge is 0.439 e. The Labute approximate surface area is 61.0 Å². The third-order valence-corrected chi connectivity index (χ3v) is 1.13. The Balaban J connectivity index is 2.38. The van der Waals surface area contributed by atoms with Crippen LogP contribution in [0.3, 0.4) is 0 Å². The lowest BCUT2D eigenvalue weighted by atomic mass is 9.92. The van der Waals surface area contributed by atoms with Crippen molar-refractivity contribution in [2.45, 2.75) is 27.2 Å². The summed E-state index contributed by atoms with van der Waals surface area (Å²) in [6, 6.07) is 0. The van der Waals surface area contributed by atoms with E-state index in [9.17, 15) is 0 Å². The second-order valence-electron chi connectivity index (χ2n) is 3.61. The van der Waals surface area contributed by atoms with E-state index in [0.29, 0.717) is 5.90 Å². The van der Waals surface area contributed by atoms with Crippen LogP contribution in [0, 0.1) is 5.41 Å². The second-order valence-corrected chi connectivity index (χ2v) is 3.61. The molecule has 1 aliphatic heterocycles. The zero-order valence-corrected chi connectivity index (χ0v) is 6.68. The topological polar surface area (TPSA) is 30.8 Å². The summed E-state index contributed by atoms with van der Waals surface area (Å²) >= 11 is 0. The fourth-order valence-corrected chi connectivity index (χ4v) is 0.756. The van der Waals surface area contributed by atoms with Crippen molar-refractivity contribution in [1.29, 1.82) is 0 Å². The van der Waals surface area contributed by atoms with Gasteiger partial charge in [-0.25, -0.2) is 0 Å². The average Bonchev–Trinajstić information content (AvgIpc) is 2.12. The van der Waals surface area contributed by atoms with Crippen LogP contribution in [-0.2, 0) is 9.57 Å². The minimum Gasteiger partial charge on any atom is -0.439 e. The molecule has 0 saturated heterocycles. The van der Waals surface area contributed by atoms with Crippen LogP contribution in [0.5, 0.6) is 0 Å². The first kappa shape index (κ1) is 7.38. The summed E-state index contributed by atoms with van der Waals surface area (Å²) in [5.74, 6) is 0.715. The zero-order chi connectivity index (χ0) is 7.61. The predicted octanol–water partition coefficient (Wildman–Crippen LogP) is 1.74. The quantitative estimate of drug-likeness (QED) is 0.559. The van der Waals surface area contributed by atoms with Crippen molar-refractivity contribution in [2.75, 3.05) is 6.79 Å². The van der Waals surface area contributed by atoms with Crippen LogP contribution in [-0.4, -0.2) is 12.7 Å². The fourth-order valence-electron chi connectivity index (χ4n) is 0.756. The Morgan fingerprint density at radius 2 is 2.20 bits per heavy atom. The van der Waals surface area contributed by atoms with E-state index in [1.54, 1.807) is 0 Å². The van der Waals surface area contributed by atoms with E-state index in [0.717, 1.165) is 6.42 Å². The van der Waals surface area contributed by atoms with Gasteiger partial charge in [-0.2, -0.15) is 0 Å². The number of oxime groups is 1. The van der Waals surface area contributed by atoms with Gasteiger partial charge in [0.05, 0.1) is 0 Å². The molecular formula is C7H13NO2. The fraction of sp³-hybridized carbons (Fsp3) is 0.857. The SMILES string of the molecule is CC(C)(C)CC1=NOCO1. The lowest BCUT2D eigenvalue weighted by Gasteiger charge is -2.15. The van der Waals surface area contributed by atoms with Crippen LogP contribution < -0.4 is 0 Å². The number of hydrogen-bond donors (Lipinski definition) is 0. The molecule has 1 heterocycles. The molecule has 0 radical (unpaired) electrons. The van der Waals surface area contributed by atoms with Gasteiger partial charge in [0.25, 0.3) is 6.79 Å². The van der Waals surface area contributed by atoms with Gasteiger partial charge in [-0.15, -0.1) is 0 Å². The molecule has 0 N–H and O–H groups in total. The molecule has 0 aliphatic carbocycles. The summed E-state index contributed by atoms with van der Waals surface area (Å²) in [6.07, 6.45) is 0.840. The molecule has 3 heteroatoms. The van der Waals surface area contributed by atoms with Gasteiger partial charge in [-0.05, 0) is 10.6 Å². The molecule has 58 valence electrons. The molecule has 0 fully saturated rings. The molecule has 0 amide bonds. The maximum Gasteiger partial charge on any atom is 0.257 e. The Bertz CT molecular complexity index is 146. The van der Waals surface area contributed by atoms with Crippen molar-refractivity contribution in [2.24, 2.45) is 10.6 Å². The molecule has 1 aliphatic rings. The van der Waals surface area contributed by atoms with Gasteiger partial charge in [-0.1, -0.05) is 20.8 Å². The first-order chi connectivity index (χ1) is 4.58. The molecule has 0 aromatic heterocycles. The molecule has 10 heavy (non-hydrogen) atoms. The third kappa shape index (κ3) is 2.25. The zero-order valence-electron chi connectivity index (χ0n) is 6.68. The van der Waals surface area contributed by atoms with Crippen LogP contribution in [0.2, 0.25) is 0 Å². The first-order valence-corrected chi connectivity index (χ1v) is 3.39. The number of rotatable bonds is 1. The Hall–Kier alpha value is -0.730. The molecule has 0 unspecified atom stereocenters. The van der Waals surface area contributed by atoms with Gasteiger partial charge in [0.2, 0.25) is 5.90 Å². The smallest absolute Gasteiger partial charge is 0.257 e. The molecule has 0 spiro atoms. The Morgan fingerprint density at radius 3 is 2.60 bits per heavy atom. The van der Waals surface area contributed by atoms with E-state index in [-0.39, 0.29) is 12.2 Å². The van der Waals surface area contributed by atoms with E-state index >= 15 is 0 Å². The van der Waals surface area contributed by atoms with E-state index in [4.69, 9.17) is 4.74 Å². The third-order valence-electron chi connectivity index (χ3n) is 1.13. The van der Waals surface area contributed by atoms with Gasteiger partial charge in [-0.3, -0.25) is 0 Å². The molecule has 0 atom stereocenters. The molecule has 0 bridgehead atoms. The summed E-state index contributed by atoms with van der Waals surface area (Å²) in [7, 11) is 0. The second kappa shape index (κ2) is 2.48. The minimum absolute atomic E-state index is 0.229. The number of hydrogen-bond acceptors (Lipinski definition) is 3. The lowest BCUT2D eigenvalue weighted by molar-refractivity contribution is 0.0570. The monoisotopic (exact) mass is 143 g/mol. The molecular weight excluding hydrogens is 130 g/mol. The van der Waals surface area contributed by atoms with Crippen molar-refractivity contribution in [1.82, 2.24) is 0 Å². The molecule has 0 aromatic carbocycles. The average molecular weight is 143 g/mol. The van der Waals surface area contributed by atoms with Crippen molar-refractivity contribution in [3.63, 3.8) is 0 Å². The summed E-state index contributed by atoms with van der Waals surface area (Å²) in [5, 5.41) is 3.72. The van der Waals surface area contributed by atoms with Crippen LogP contribution in [0.25, 0.3) is 0 Å². The molecule has 1 rings (SSSR count).